The molecule has 9 heteroatoms. The van der Waals surface area contributed by atoms with Crippen molar-refractivity contribution in [2.24, 2.45) is 0 Å². The number of hydrogen-bond donors (Lipinski definition) is 2. The van der Waals surface area contributed by atoms with Gasteiger partial charge in [0.25, 0.3) is 5.91 Å². The molecular weight excluding hydrogens is 400 g/mol. The molecule has 0 radical (unpaired) electrons. The van der Waals surface area contributed by atoms with Gasteiger partial charge in [0, 0.05) is 43.9 Å². The fourth-order valence-electron chi connectivity index (χ4n) is 3.50. The van der Waals surface area contributed by atoms with Gasteiger partial charge < -0.3 is 15.0 Å². The van der Waals surface area contributed by atoms with E-state index in [9.17, 15) is 27.5 Å². The third-order valence-corrected chi connectivity index (χ3v) is 5.49. The largest absolute Gasteiger partial charge is 0.388 e. The minimum Gasteiger partial charge on any atom is -0.388 e. The Bertz CT molecular complexity index is 859. The number of aryl methyl sites for hydroxylation is 1. The molecule has 0 saturated heterocycles. The Kier molecular flexibility index (Phi) is 5.91. The average molecular weight is 421 g/mol. The van der Waals surface area contributed by atoms with Crippen molar-refractivity contribution in [1.82, 2.24) is 9.88 Å². The minimum atomic E-state index is -2.79. The summed E-state index contributed by atoms with van der Waals surface area (Å²) in [6, 6.07) is 4.94. The summed E-state index contributed by atoms with van der Waals surface area (Å²) in [7, 11) is 0. The van der Waals surface area contributed by atoms with Gasteiger partial charge in [-0.05, 0) is 25.0 Å². The highest BCUT2D eigenvalue weighted by atomic mass is 35.5. The van der Waals surface area contributed by atoms with Gasteiger partial charge in [-0.2, -0.15) is 0 Å². The van der Waals surface area contributed by atoms with Crippen molar-refractivity contribution < 1.29 is 27.5 Å². The molecule has 1 heterocycles. The van der Waals surface area contributed by atoms with Gasteiger partial charge in [0.15, 0.2) is 0 Å². The predicted molar refractivity (Wildman–Crippen MR) is 98.3 cm³/mol. The first kappa shape index (κ1) is 20.9. The summed E-state index contributed by atoms with van der Waals surface area (Å²) in [5.74, 6) is -3.33. The molecule has 0 atom stereocenters. The predicted octanol–water partition coefficient (Wildman–Crippen LogP) is 4.62. The Balaban J connectivity index is 1.78. The lowest BCUT2D eigenvalue weighted by Crippen LogP contribution is -2.47. The molecule has 0 bridgehead atoms. The number of rotatable bonds is 6. The smallest absolute Gasteiger partial charge is 0.253 e. The molecule has 154 valence electrons. The molecule has 1 aliphatic carbocycles. The molecule has 1 aromatic heterocycles. The number of benzene rings is 1. The molecule has 1 aromatic carbocycles. The van der Waals surface area contributed by atoms with E-state index in [4.69, 9.17) is 11.6 Å². The van der Waals surface area contributed by atoms with Crippen LogP contribution in [0, 0.1) is 0 Å². The summed E-state index contributed by atoms with van der Waals surface area (Å²) >= 11 is 6.22. The molecule has 1 saturated carbocycles. The average Bonchev–Trinajstić information content (AvgIpc) is 3.01. The van der Waals surface area contributed by atoms with Crippen molar-refractivity contribution in [3.05, 3.63) is 35.0 Å². The first-order chi connectivity index (χ1) is 13.1. The van der Waals surface area contributed by atoms with Crippen LogP contribution in [0.25, 0.3) is 10.9 Å². The maximum absolute atomic E-state index is 13.3. The first-order valence-corrected chi connectivity index (χ1v) is 9.42. The lowest BCUT2D eigenvalue weighted by Gasteiger charge is -2.35. The highest BCUT2D eigenvalue weighted by Gasteiger charge is 2.42. The molecule has 0 aliphatic heterocycles. The van der Waals surface area contributed by atoms with E-state index >= 15 is 0 Å². The van der Waals surface area contributed by atoms with Crippen molar-refractivity contribution in [1.29, 1.82) is 0 Å². The molecular formula is C19H21ClF4N2O2. The van der Waals surface area contributed by atoms with Crippen LogP contribution in [0.5, 0.6) is 0 Å². The molecule has 3 rings (SSSR count). The van der Waals surface area contributed by atoms with Crippen molar-refractivity contribution in [2.45, 2.75) is 56.6 Å². The van der Waals surface area contributed by atoms with Crippen LogP contribution in [0.2, 0.25) is 5.02 Å². The molecule has 0 spiro atoms. The number of amides is 1. The fourth-order valence-corrected chi connectivity index (χ4v) is 3.77. The number of alkyl halides is 4. The molecule has 28 heavy (non-hydrogen) atoms. The topological polar surface area (TPSA) is 54.3 Å². The SMILES string of the molecule is O=C(NCC1(O)CCC(F)(F)CC1)c1cn(CCC(F)F)c2cccc(Cl)c12. The number of carbonyl (C=O) groups is 1. The zero-order valence-corrected chi connectivity index (χ0v) is 15.8. The second-order valence-corrected chi connectivity index (χ2v) is 7.72. The number of nitrogens with zero attached hydrogens (tertiary/aromatic N) is 1. The highest BCUT2D eigenvalue weighted by molar-refractivity contribution is 6.36. The van der Waals surface area contributed by atoms with E-state index in [1.807, 2.05) is 0 Å². The van der Waals surface area contributed by atoms with Gasteiger partial charge in [0.1, 0.15) is 0 Å². The number of aromatic nitrogens is 1. The zero-order valence-electron chi connectivity index (χ0n) is 15.0. The van der Waals surface area contributed by atoms with Crippen LogP contribution in [0.15, 0.2) is 24.4 Å². The van der Waals surface area contributed by atoms with Crippen molar-refractivity contribution in [2.75, 3.05) is 6.54 Å². The van der Waals surface area contributed by atoms with E-state index < -0.39 is 36.7 Å². The van der Waals surface area contributed by atoms with Gasteiger partial charge >= 0.3 is 0 Å². The molecule has 1 aliphatic rings. The number of fused-ring (bicyclic) bond motifs is 1. The zero-order chi connectivity index (χ0) is 20.5. The van der Waals surface area contributed by atoms with E-state index in [2.05, 4.69) is 5.32 Å². The number of carbonyl (C=O) groups excluding carboxylic acids is 1. The normalized spacial score (nSPS) is 18.5. The fraction of sp³-hybridized carbons (Fsp3) is 0.526. The van der Waals surface area contributed by atoms with Crippen molar-refractivity contribution >= 4 is 28.4 Å². The van der Waals surface area contributed by atoms with Gasteiger partial charge in [-0.1, -0.05) is 17.7 Å². The summed E-state index contributed by atoms with van der Waals surface area (Å²) in [6.45, 7) is -0.156. The van der Waals surface area contributed by atoms with E-state index in [1.165, 1.54) is 10.8 Å². The van der Waals surface area contributed by atoms with E-state index in [-0.39, 0.29) is 37.9 Å². The van der Waals surface area contributed by atoms with E-state index in [0.717, 1.165) is 0 Å². The van der Waals surface area contributed by atoms with Crippen LogP contribution in [0.1, 0.15) is 42.5 Å². The van der Waals surface area contributed by atoms with Crippen LogP contribution in [0.3, 0.4) is 0 Å². The Morgan fingerprint density at radius 2 is 1.93 bits per heavy atom. The monoisotopic (exact) mass is 420 g/mol. The molecule has 2 N–H and O–H groups in total. The number of hydrogen-bond acceptors (Lipinski definition) is 2. The summed E-state index contributed by atoms with van der Waals surface area (Å²) in [5, 5.41) is 13.8. The van der Waals surface area contributed by atoms with Gasteiger partial charge in [0.05, 0.1) is 21.7 Å². The number of halogens is 5. The Hall–Kier alpha value is -1.80. The summed E-state index contributed by atoms with van der Waals surface area (Å²) < 4.78 is 53.3. The quantitative estimate of drug-likeness (QED) is 0.670. The van der Waals surface area contributed by atoms with Crippen LogP contribution < -0.4 is 5.32 Å². The first-order valence-electron chi connectivity index (χ1n) is 9.04. The van der Waals surface area contributed by atoms with Crippen LogP contribution in [0.4, 0.5) is 17.6 Å². The lowest BCUT2D eigenvalue weighted by molar-refractivity contribution is -0.101. The summed E-state index contributed by atoms with van der Waals surface area (Å²) in [4.78, 5) is 12.7. The van der Waals surface area contributed by atoms with Crippen LogP contribution in [-0.4, -0.2) is 40.1 Å². The second-order valence-electron chi connectivity index (χ2n) is 7.31. The summed E-state index contributed by atoms with van der Waals surface area (Å²) in [6.07, 6.45) is -2.49. The second kappa shape index (κ2) is 7.91. The standard InChI is InChI=1S/C19H21ClF4N2O2/c20-13-2-1-3-14-16(13)12(10-26(14)9-4-15(21)22)17(27)25-11-18(28)5-7-19(23,24)8-6-18/h1-3,10,15,28H,4-9,11H2,(H,25,27). The van der Waals surface area contributed by atoms with Gasteiger partial charge in [-0.3, -0.25) is 4.79 Å². The number of nitrogens with one attached hydrogen (secondary N) is 1. The molecule has 1 fully saturated rings. The maximum atomic E-state index is 13.3. The third kappa shape index (κ3) is 4.60. The molecule has 2 aromatic rings. The Morgan fingerprint density at radius 1 is 1.25 bits per heavy atom. The van der Waals surface area contributed by atoms with Gasteiger partial charge in [0.2, 0.25) is 12.3 Å². The van der Waals surface area contributed by atoms with Crippen LogP contribution >= 0.6 is 11.6 Å². The van der Waals surface area contributed by atoms with E-state index in [1.54, 1.807) is 18.2 Å². The van der Waals surface area contributed by atoms with Gasteiger partial charge in [-0.15, -0.1) is 0 Å². The summed E-state index contributed by atoms with van der Waals surface area (Å²) in [5.41, 5.74) is -0.649. The number of aliphatic hydroxyl groups is 1. The van der Waals surface area contributed by atoms with Crippen LogP contribution in [-0.2, 0) is 6.54 Å². The third-order valence-electron chi connectivity index (χ3n) is 5.18. The highest BCUT2D eigenvalue weighted by Crippen LogP contribution is 2.38. The molecule has 1 amide bonds. The molecule has 4 nitrogen and oxygen atoms in total. The van der Waals surface area contributed by atoms with E-state index in [0.29, 0.717) is 15.9 Å². The maximum Gasteiger partial charge on any atom is 0.253 e. The van der Waals surface area contributed by atoms with Crippen molar-refractivity contribution in [3.8, 4) is 0 Å². The molecule has 0 unspecified atom stereocenters. The van der Waals surface area contributed by atoms with Crippen molar-refractivity contribution in [3.63, 3.8) is 0 Å². The Morgan fingerprint density at radius 3 is 2.57 bits per heavy atom. The Labute approximate surface area is 164 Å². The lowest BCUT2D eigenvalue weighted by atomic mass is 9.82. The minimum absolute atomic E-state index is 0.0147. The van der Waals surface area contributed by atoms with Gasteiger partial charge in [-0.25, -0.2) is 17.6 Å².